The highest BCUT2D eigenvalue weighted by Crippen LogP contribution is 2.26. The second-order valence-electron chi connectivity index (χ2n) is 5.60. The Kier molecular flexibility index (Phi) is 7.98. The minimum atomic E-state index is -0.504. The Balaban J connectivity index is 0.00000264. The number of hydrogen-bond acceptors (Lipinski definition) is 3. The lowest BCUT2D eigenvalue weighted by Crippen LogP contribution is -2.26. The van der Waals surface area contributed by atoms with Crippen LogP contribution in [-0.2, 0) is 9.59 Å². The van der Waals surface area contributed by atoms with Gasteiger partial charge in [0, 0.05) is 11.6 Å². The molecule has 1 aliphatic rings. The van der Waals surface area contributed by atoms with E-state index in [2.05, 4.69) is 16.0 Å². The molecule has 1 aromatic carbocycles. The number of likely N-dealkylation sites (N-methyl/N-ethyl adjacent to an activating group) is 1. The van der Waals surface area contributed by atoms with Crippen LogP contribution in [-0.4, -0.2) is 25.4 Å². The fraction of sp³-hybridized carbons (Fsp3) is 0.500. The lowest BCUT2D eigenvalue weighted by atomic mass is 9.88. The zero-order valence-electron chi connectivity index (χ0n) is 13.2. The number of rotatable bonds is 5. The number of amides is 2. The molecule has 0 aliphatic heterocycles. The number of hydrogen-bond donors (Lipinski definition) is 3. The summed E-state index contributed by atoms with van der Waals surface area (Å²) in [6.45, 7) is 0.168. The van der Waals surface area contributed by atoms with Gasteiger partial charge in [-0.25, -0.2) is 4.39 Å². The van der Waals surface area contributed by atoms with Gasteiger partial charge in [-0.05, 0) is 38.1 Å². The number of benzene rings is 1. The lowest BCUT2D eigenvalue weighted by Gasteiger charge is -2.21. The smallest absolute Gasteiger partial charge is 0.238 e. The minimum Gasteiger partial charge on any atom is -0.325 e. The molecule has 0 bridgehead atoms. The third-order valence-corrected chi connectivity index (χ3v) is 3.82. The van der Waals surface area contributed by atoms with Crippen molar-refractivity contribution < 1.29 is 14.0 Å². The van der Waals surface area contributed by atoms with Crippen molar-refractivity contribution in [3.8, 4) is 0 Å². The van der Waals surface area contributed by atoms with Gasteiger partial charge in [-0.1, -0.05) is 19.3 Å². The molecule has 2 rings (SSSR count). The molecule has 0 unspecified atom stereocenters. The van der Waals surface area contributed by atoms with Crippen LogP contribution in [0.25, 0.3) is 0 Å². The normalized spacial score (nSPS) is 14.7. The Labute approximate surface area is 141 Å². The SMILES string of the molecule is CNCC(=O)Nc1ccc(F)c(NC(=O)C2CCCCC2)c1.Cl. The van der Waals surface area contributed by atoms with Crippen LogP contribution >= 0.6 is 12.4 Å². The van der Waals surface area contributed by atoms with Crippen LogP contribution in [0.2, 0.25) is 0 Å². The maximum atomic E-state index is 13.8. The summed E-state index contributed by atoms with van der Waals surface area (Å²) in [6, 6.07) is 4.16. The molecule has 0 radical (unpaired) electrons. The highest BCUT2D eigenvalue weighted by molar-refractivity contribution is 5.95. The van der Waals surface area contributed by atoms with Crippen molar-refractivity contribution in [1.29, 1.82) is 0 Å². The fourth-order valence-electron chi connectivity index (χ4n) is 2.66. The summed E-state index contributed by atoms with van der Waals surface area (Å²) in [4.78, 5) is 23.7. The van der Waals surface area contributed by atoms with Crippen LogP contribution in [0.1, 0.15) is 32.1 Å². The zero-order chi connectivity index (χ0) is 15.9. The van der Waals surface area contributed by atoms with E-state index in [0.717, 1.165) is 32.1 Å². The van der Waals surface area contributed by atoms with Crippen molar-refractivity contribution in [2.75, 3.05) is 24.2 Å². The molecule has 1 aromatic rings. The number of carbonyl (C=O) groups is 2. The van der Waals surface area contributed by atoms with E-state index >= 15 is 0 Å². The standard InChI is InChI=1S/C16H22FN3O2.ClH/c1-18-10-15(21)19-12-7-8-13(17)14(9-12)20-16(22)11-5-3-2-4-6-11;/h7-9,11,18H,2-6,10H2,1H3,(H,19,21)(H,20,22);1H. The molecule has 0 aromatic heterocycles. The third-order valence-electron chi connectivity index (χ3n) is 3.82. The van der Waals surface area contributed by atoms with Gasteiger partial charge in [-0.15, -0.1) is 12.4 Å². The molecule has 2 amide bonds. The molecule has 7 heteroatoms. The summed E-state index contributed by atoms with van der Waals surface area (Å²) in [5.41, 5.74) is 0.568. The van der Waals surface area contributed by atoms with Gasteiger partial charge in [-0.3, -0.25) is 9.59 Å². The topological polar surface area (TPSA) is 70.2 Å². The zero-order valence-corrected chi connectivity index (χ0v) is 14.0. The number of anilines is 2. The van der Waals surface area contributed by atoms with E-state index < -0.39 is 5.82 Å². The molecule has 23 heavy (non-hydrogen) atoms. The van der Waals surface area contributed by atoms with Crippen LogP contribution in [0.5, 0.6) is 0 Å². The summed E-state index contributed by atoms with van der Waals surface area (Å²) >= 11 is 0. The third kappa shape index (κ3) is 5.80. The van der Waals surface area contributed by atoms with Crippen molar-refractivity contribution in [2.45, 2.75) is 32.1 Å². The van der Waals surface area contributed by atoms with Crippen molar-refractivity contribution in [3.63, 3.8) is 0 Å². The van der Waals surface area contributed by atoms with Gasteiger partial charge in [0.1, 0.15) is 5.82 Å². The molecule has 3 N–H and O–H groups in total. The van der Waals surface area contributed by atoms with E-state index in [1.165, 1.54) is 18.2 Å². The molecule has 1 fully saturated rings. The van der Waals surface area contributed by atoms with E-state index in [4.69, 9.17) is 0 Å². The summed E-state index contributed by atoms with van der Waals surface area (Å²) in [6.07, 6.45) is 4.95. The van der Waals surface area contributed by atoms with E-state index in [-0.39, 0.29) is 42.4 Å². The predicted octanol–water partition coefficient (Wildman–Crippen LogP) is 2.92. The van der Waals surface area contributed by atoms with Crippen LogP contribution in [0.3, 0.4) is 0 Å². The Morgan fingerprint density at radius 1 is 1.17 bits per heavy atom. The average Bonchev–Trinajstić information content (AvgIpc) is 2.51. The molecular formula is C16H23ClFN3O2. The van der Waals surface area contributed by atoms with Crippen LogP contribution in [0.4, 0.5) is 15.8 Å². The first-order valence-corrected chi connectivity index (χ1v) is 7.65. The molecule has 0 spiro atoms. The summed E-state index contributed by atoms with van der Waals surface area (Å²) < 4.78 is 13.8. The first-order chi connectivity index (χ1) is 10.6. The van der Waals surface area contributed by atoms with E-state index in [9.17, 15) is 14.0 Å². The second kappa shape index (κ2) is 9.47. The largest absolute Gasteiger partial charge is 0.325 e. The van der Waals surface area contributed by atoms with E-state index in [0.29, 0.717) is 5.69 Å². The highest BCUT2D eigenvalue weighted by atomic mass is 35.5. The summed E-state index contributed by atoms with van der Waals surface area (Å²) in [5, 5.41) is 8.02. The van der Waals surface area contributed by atoms with Gasteiger partial charge in [-0.2, -0.15) is 0 Å². The van der Waals surface area contributed by atoms with Crippen molar-refractivity contribution in [1.82, 2.24) is 5.32 Å². The molecule has 0 saturated heterocycles. The van der Waals surface area contributed by atoms with E-state index in [1.54, 1.807) is 7.05 Å². The van der Waals surface area contributed by atoms with Gasteiger partial charge in [0.2, 0.25) is 11.8 Å². The quantitative estimate of drug-likeness (QED) is 0.770. The number of carbonyl (C=O) groups excluding carboxylic acids is 2. The summed E-state index contributed by atoms with van der Waals surface area (Å²) in [7, 11) is 1.67. The van der Waals surface area contributed by atoms with Gasteiger partial charge < -0.3 is 16.0 Å². The van der Waals surface area contributed by atoms with Gasteiger partial charge >= 0.3 is 0 Å². The molecule has 128 valence electrons. The van der Waals surface area contributed by atoms with Gasteiger partial charge in [0.25, 0.3) is 0 Å². The number of halogens is 2. The highest BCUT2D eigenvalue weighted by Gasteiger charge is 2.22. The Bertz CT molecular complexity index is 548. The monoisotopic (exact) mass is 343 g/mol. The molecule has 5 nitrogen and oxygen atoms in total. The summed E-state index contributed by atoms with van der Waals surface area (Å²) in [5.74, 6) is -0.914. The Morgan fingerprint density at radius 3 is 2.52 bits per heavy atom. The number of nitrogens with one attached hydrogen (secondary N) is 3. The molecule has 1 aliphatic carbocycles. The average molecular weight is 344 g/mol. The van der Waals surface area contributed by atoms with Crippen LogP contribution in [0, 0.1) is 11.7 Å². The molecule has 1 saturated carbocycles. The van der Waals surface area contributed by atoms with Crippen molar-refractivity contribution in [3.05, 3.63) is 24.0 Å². The maximum Gasteiger partial charge on any atom is 0.238 e. The fourth-order valence-corrected chi connectivity index (χ4v) is 2.66. The lowest BCUT2D eigenvalue weighted by molar-refractivity contribution is -0.120. The second-order valence-corrected chi connectivity index (χ2v) is 5.60. The molecule has 0 atom stereocenters. The van der Waals surface area contributed by atoms with Gasteiger partial charge in [0.05, 0.1) is 12.2 Å². The van der Waals surface area contributed by atoms with Gasteiger partial charge in [0.15, 0.2) is 0 Å². The Hall–Kier alpha value is -1.66. The predicted molar refractivity (Wildman–Crippen MR) is 91.4 cm³/mol. The van der Waals surface area contributed by atoms with Crippen molar-refractivity contribution >= 4 is 35.6 Å². The minimum absolute atomic E-state index is 0. The molecular weight excluding hydrogens is 321 g/mol. The molecule has 0 heterocycles. The first kappa shape index (κ1) is 19.4. The first-order valence-electron chi connectivity index (χ1n) is 7.65. The van der Waals surface area contributed by atoms with Crippen LogP contribution in [0.15, 0.2) is 18.2 Å². The van der Waals surface area contributed by atoms with Crippen molar-refractivity contribution in [2.24, 2.45) is 5.92 Å². The Morgan fingerprint density at radius 2 is 1.87 bits per heavy atom. The van der Waals surface area contributed by atoms with E-state index in [1.807, 2.05) is 0 Å². The van der Waals surface area contributed by atoms with Crippen LogP contribution < -0.4 is 16.0 Å². The maximum absolute atomic E-state index is 13.8.